The number of anilines is 2. The zero-order valence-electron chi connectivity index (χ0n) is 16.0. The molecule has 2 aliphatic heterocycles. The Morgan fingerprint density at radius 1 is 1.13 bits per heavy atom. The van der Waals surface area contributed by atoms with E-state index in [-0.39, 0.29) is 24.7 Å². The van der Waals surface area contributed by atoms with Crippen LogP contribution in [0.5, 0.6) is 0 Å². The summed E-state index contributed by atoms with van der Waals surface area (Å²) in [5.41, 5.74) is 7.05. The van der Waals surface area contributed by atoms with Gasteiger partial charge in [-0.3, -0.25) is 14.5 Å². The topological polar surface area (TPSA) is 180 Å². The molecule has 2 heterocycles. The molecule has 1 aromatic rings. The van der Waals surface area contributed by atoms with Crippen LogP contribution in [0.2, 0.25) is 0 Å². The molecule has 0 radical (unpaired) electrons. The number of carboxylic acids is 2. The highest BCUT2D eigenvalue weighted by Gasteiger charge is 2.31. The van der Waals surface area contributed by atoms with Crippen molar-refractivity contribution in [2.75, 3.05) is 42.6 Å². The Bertz CT molecular complexity index is 784. The number of aliphatic hydroxyl groups is 1. The number of hydrogen-bond acceptors (Lipinski definition) is 8. The highest BCUT2D eigenvalue weighted by atomic mass is 16.6. The summed E-state index contributed by atoms with van der Waals surface area (Å²) in [6.07, 6.45) is -3.20. The Morgan fingerprint density at radius 2 is 1.73 bits per heavy atom. The number of carbonyl (C=O) groups excluding carboxylic acids is 2. The van der Waals surface area contributed by atoms with Crippen molar-refractivity contribution in [2.45, 2.75) is 18.6 Å². The summed E-state index contributed by atoms with van der Waals surface area (Å²) in [5.74, 6) is -2.90. The summed E-state index contributed by atoms with van der Waals surface area (Å²) in [4.78, 5) is 46.2. The summed E-state index contributed by atoms with van der Waals surface area (Å²) >= 11 is 0. The third kappa shape index (κ3) is 6.14. The lowest BCUT2D eigenvalue weighted by Crippen LogP contribution is -2.41. The van der Waals surface area contributed by atoms with Crippen LogP contribution in [0.4, 0.5) is 16.2 Å². The fourth-order valence-electron chi connectivity index (χ4n) is 2.71. The predicted octanol–water partition coefficient (Wildman–Crippen LogP) is -0.760. The molecule has 1 aromatic carbocycles. The van der Waals surface area contributed by atoms with Crippen LogP contribution in [0.15, 0.2) is 24.3 Å². The maximum Gasteiger partial charge on any atom is 0.414 e. The normalized spacial score (nSPS) is 19.6. The van der Waals surface area contributed by atoms with E-state index in [1.807, 2.05) is 12.1 Å². The number of aliphatic carboxylic acids is 2. The van der Waals surface area contributed by atoms with Crippen molar-refractivity contribution < 1.29 is 44.0 Å². The smallest absolute Gasteiger partial charge is 0.414 e. The van der Waals surface area contributed by atoms with E-state index in [9.17, 15) is 19.2 Å². The van der Waals surface area contributed by atoms with Crippen molar-refractivity contribution >= 4 is 35.3 Å². The van der Waals surface area contributed by atoms with Gasteiger partial charge >= 0.3 is 18.0 Å². The third-order valence-corrected chi connectivity index (χ3v) is 4.25. The lowest BCUT2D eigenvalue weighted by Gasteiger charge is -2.27. The fraction of sp³-hybridized carbons (Fsp3) is 0.444. The van der Waals surface area contributed by atoms with E-state index < -0.39 is 24.5 Å². The second-order valence-electron chi connectivity index (χ2n) is 6.42. The molecule has 164 valence electrons. The van der Waals surface area contributed by atoms with Crippen LogP contribution in [0.1, 0.15) is 6.42 Å². The van der Waals surface area contributed by atoms with Crippen molar-refractivity contribution in [2.24, 2.45) is 5.73 Å². The lowest BCUT2D eigenvalue weighted by molar-refractivity contribution is -0.152. The van der Waals surface area contributed by atoms with Crippen LogP contribution in [-0.4, -0.2) is 84.3 Å². The van der Waals surface area contributed by atoms with Gasteiger partial charge in [-0.1, -0.05) is 0 Å². The van der Waals surface area contributed by atoms with Crippen LogP contribution in [-0.2, 0) is 23.9 Å². The lowest BCUT2D eigenvalue weighted by atomic mass is 10.2. The molecule has 12 nitrogen and oxygen atoms in total. The van der Waals surface area contributed by atoms with E-state index in [0.29, 0.717) is 26.2 Å². The summed E-state index contributed by atoms with van der Waals surface area (Å²) in [6, 6.07) is 7.25. The fourth-order valence-corrected chi connectivity index (χ4v) is 2.71. The molecule has 1 unspecified atom stereocenters. The number of rotatable bonds is 6. The van der Waals surface area contributed by atoms with Crippen molar-refractivity contribution in [3.05, 3.63) is 24.3 Å². The van der Waals surface area contributed by atoms with Gasteiger partial charge in [-0.2, -0.15) is 0 Å². The largest absolute Gasteiger partial charge is 0.481 e. The molecule has 0 bridgehead atoms. The average Bonchev–Trinajstić information content (AvgIpc) is 3.09. The second kappa shape index (κ2) is 10.5. The number of ether oxygens (including phenoxy) is 2. The van der Waals surface area contributed by atoms with Gasteiger partial charge in [-0.05, 0) is 24.3 Å². The highest BCUT2D eigenvalue weighted by Crippen LogP contribution is 2.25. The molecule has 2 amide bonds. The molecular weight excluding hydrogens is 402 g/mol. The number of benzene rings is 1. The molecule has 30 heavy (non-hydrogen) atoms. The van der Waals surface area contributed by atoms with Gasteiger partial charge in [0, 0.05) is 24.5 Å². The maximum absolute atomic E-state index is 11.8. The first-order valence-corrected chi connectivity index (χ1v) is 9.02. The SMILES string of the molecule is NC[C@H]1CN(c2ccc(N3CCOCC3=O)cc2)C(=O)O1.O=C(O)CC(O)C(=O)O. The van der Waals surface area contributed by atoms with E-state index in [1.54, 1.807) is 21.9 Å². The summed E-state index contributed by atoms with van der Waals surface area (Å²) in [5, 5.41) is 24.1. The second-order valence-corrected chi connectivity index (χ2v) is 6.42. The van der Waals surface area contributed by atoms with Gasteiger partial charge in [0.05, 0.1) is 19.6 Å². The van der Waals surface area contributed by atoms with Crippen LogP contribution >= 0.6 is 0 Å². The highest BCUT2D eigenvalue weighted by molar-refractivity contribution is 5.95. The molecule has 0 aliphatic carbocycles. The van der Waals surface area contributed by atoms with Crippen molar-refractivity contribution in [1.82, 2.24) is 0 Å². The molecule has 0 aromatic heterocycles. The molecule has 2 atom stereocenters. The van der Waals surface area contributed by atoms with Crippen LogP contribution in [0, 0.1) is 0 Å². The molecule has 2 fully saturated rings. The number of morpholine rings is 1. The first-order valence-electron chi connectivity index (χ1n) is 9.02. The summed E-state index contributed by atoms with van der Waals surface area (Å²) in [6.45, 7) is 1.94. The number of nitrogens with two attached hydrogens (primary N) is 1. The van der Waals surface area contributed by atoms with Gasteiger partial charge in [0.2, 0.25) is 0 Å². The zero-order valence-corrected chi connectivity index (χ0v) is 16.0. The van der Waals surface area contributed by atoms with Crippen LogP contribution < -0.4 is 15.5 Å². The molecule has 2 aliphatic rings. The van der Waals surface area contributed by atoms with E-state index in [1.165, 1.54) is 0 Å². The molecule has 5 N–H and O–H groups in total. The molecule has 3 rings (SSSR count). The quantitative estimate of drug-likeness (QED) is 0.452. The number of hydrogen-bond donors (Lipinski definition) is 4. The first kappa shape index (κ1) is 23.1. The van der Waals surface area contributed by atoms with Crippen LogP contribution in [0.25, 0.3) is 0 Å². The summed E-state index contributed by atoms with van der Waals surface area (Å²) in [7, 11) is 0. The predicted molar refractivity (Wildman–Crippen MR) is 102 cm³/mol. The van der Waals surface area contributed by atoms with Gasteiger partial charge < -0.3 is 35.4 Å². The number of carboxylic acid groups (broad SMARTS) is 2. The number of cyclic esters (lactones) is 1. The van der Waals surface area contributed by atoms with Gasteiger partial charge in [-0.15, -0.1) is 0 Å². The Balaban J connectivity index is 0.000000303. The van der Waals surface area contributed by atoms with Crippen molar-refractivity contribution in [3.8, 4) is 0 Å². The third-order valence-electron chi connectivity index (χ3n) is 4.25. The Morgan fingerprint density at radius 3 is 2.17 bits per heavy atom. The zero-order chi connectivity index (χ0) is 22.3. The van der Waals surface area contributed by atoms with Gasteiger partial charge in [0.1, 0.15) is 12.7 Å². The standard InChI is InChI=1S/C14H17N3O4.C4H6O5/c15-7-12-8-17(14(19)21-12)11-3-1-10(2-4-11)16-5-6-20-9-13(16)18;5-2(4(8)9)1-3(6)7/h1-4,12H,5-9,15H2;2,5H,1H2,(H,6,7)(H,8,9)/t12-;/m0./s1. The van der Waals surface area contributed by atoms with Crippen LogP contribution in [0.3, 0.4) is 0 Å². The minimum absolute atomic E-state index is 0.0576. The van der Waals surface area contributed by atoms with Gasteiger partial charge in [0.25, 0.3) is 5.91 Å². The molecule has 12 heteroatoms. The minimum Gasteiger partial charge on any atom is -0.481 e. The molecular formula is C18H23N3O9. The number of carbonyl (C=O) groups is 4. The first-order chi connectivity index (χ1) is 14.2. The van der Waals surface area contributed by atoms with E-state index >= 15 is 0 Å². The molecule has 0 spiro atoms. The minimum atomic E-state index is -1.79. The van der Waals surface area contributed by atoms with E-state index in [0.717, 1.165) is 11.4 Å². The number of nitrogens with zero attached hydrogens (tertiary/aromatic N) is 2. The van der Waals surface area contributed by atoms with Gasteiger partial charge in [0.15, 0.2) is 6.10 Å². The molecule has 0 saturated carbocycles. The number of aliphatic hydroxyl groups excluding tert-OH is 1. The monoisotopic (exact) mass is 425 g/mol. The van der Waals surface area contributed by atoms with E-state index in [2.05, 4.69) is 0 Å². The Hall–Kier alpha value is -3.22. The van der Waals surface area contributed by atoms with Gasteiger partial charge in [-0.25, -0.2) is 9.59 Å². The number of amides is 2. The average molecular weight is 425 g/mol. The Kier molecular flexibility index (Phi) is 8.09. The van der Waals surface area contributed by atoms with E-state index in [4.69, 9.17) is 30.5 Å². The van der Waals surface area contributed by atoms with Crippen molar-refractivity contribution in [3.63, 3.8) is 0 Å². The Labute approximate surface area is 171 Å². The molecule has 2 saturated heterocycles. The van der Waals surface area contributed by atoms with Crippen molar-refractivity contribution in [1.29, 1.82) is 0 Å². The summed E-state index contributed by atoms with van der Waals surface area (Å²) < 4.78 is 10.2. The maximum atomic E-state index is 11.8.